The van der Waals surface area contributed by atoms with Crippen LogP contribution in [0.2, 0.25) is 0 Å². The van der Waals surface area contributed by atoms with Gasteiger partial charge in [0.05, 0.1) is 6.20 Å². The minimum atomic E-state index is 0.203. The second kappa shape index (κ2) is 4.49. The van der Waals surface area contributed by atoms with Crippen molar-refractivity contribution in [1.82, 2.24) is 19.9 Å². The number of aryl methyl sites for hydroxylation is 1. The maximum absolute atomic E-state index is 5.60. The Balaban J connectivity index is 2.07. The number of rotatable bonds is 2. The molecule has 0 aliphatic carbocycles. The van der Waals surface area contributed by atoms with E-state index in [4.69, 9.17) is 5.73 Å². The molecule has 0 atom stereocenters. The van der Waals surface area contributed by atoms with Gasteiger partial charge in [-0.1, -0.05) is 12.1 Å². The van der Waals surface area contributed by atoms with E-state index in [1.165, 1.54) is 6.33 Å². The van der Waals surface area contributed by atoms with E-state index in [-0.39, 0.29) is 5.95 Å². The van der Waals surface area contributed by atoms with Gasteiger partial charge in [-0.05, 0) is 24.6 Å². The molecule has 2 heterocycles. The third kappa shape index (κ3) is 2.28. The molecule has 3 rings (SSSR count). The van der Waals surface area contributed by atoms with Gasteiger partial charge in [0.2, 0.25) is 5.95 Å². The van der Waals surface area contributed by atoms with E-state index < -0.39 is 0 Å². The zero-order valence-corrected chi connectivity index (χ0v) is 10.3. The minimum absolute atomic E-state index is 0.203. The zero-order valence-electron chi connectivity index (χ0n) is 10.3. The van der Waals surface area contributed by atoms with Crippen molar-refractivity contribution in [1.29, 1.82) is 0 Å². The summed E-state index contributed by atoms with van der Waals surface area (Å²) in [7, 11) is 0. The predicted octanol–water partition coefficient (Wildman–Crippen LogP) is 2.05. The van der Waals surface area contributed by atoms with Crippen LogP contribution in [0.3, 0.4) is 0 Å². The fraction of sp³-hybridized carbons (Fsp3) is 0.0769. The monoisotopic (exact) mass is 252 g/mol. The summed E-state index contributed by atoms with van der Waals surface area (Å²) in [6, 6.07) is 8.00. The topological polar surface area (TPSA) is 89.6 Å². The molecule has 94 valence electrons. The quantitative estimate of drug-likeness (QED) is 0.725. The van der Waals surface area contributed by atoms with Crippen LogP contribution < -0.4 is 11.1 Å². The second-order valence-corrected chi connectivity index (χ2v) is 4.18. The zero-order chi connectivity index (χ0) is 13.2. The van der Waals surface area contributed by atoms with E-state index in [2.05, 4.69) is 25.3 Å². The highest BCUT2D eigenvalue weighted by Gasteiger charge is 2.06. The fourth-order valence-corrected chi connectivity index (χ4v) is 1.82. The molecule has 3 aromatic rings. The summed E-state index contributed by atoms with van der Waals surface area (Å²) in [5, 5.41) is 3.22. The Morgan fingerprint density at radius 2 is 2.05 bits per heavy atom. The maximum Gasteiger partial charge on any atom is 0.220 e. The maximum atomic E-state index is 5.60. The number of fused-ring (bicyclic) bond motifs is 1. The Hall–Kier alpha value is -2.76. The molecule has 0 unspecified atom stereocenters. The Labute approximate surface area is 109 Å². The van der Waals surface area contributed by atoms with Gasteiger partial charge in [-0.25, -0.2) is 19.9 Å². The van der Waals surface area contributed by atoms with Crippen molar-refractivity contribution in [2.75, 3.05) is 11.1 Å². The van der Waals surface area contributed by atoms with Crippen molar-refractivity contribution >= 4 is 28.5 Å². The highest BCUT2D eigenvalue weighted by Crippen LogP contribution is 2.21. The molecule has 6 heteroatoms. The van der Waals surface area contributed by atoms with Crippen molar-refractivity contribution in [2.24, 2.45) is 0 Å². The van der Waals surface area contributed by atoms with Crippen LogP contribution in [0.1, 0.15) is 5.56 Å². The average Bonchev–Trinajstić information content (AvgIpc) is 2.39. The van der Waals surface area contributed by atoms with Crippen LogP contribution in [-0.2, 0) is 0 Å². The van der Waals surface area contributed by atoms with Gasteiger partial charge in [0.1, 0.15) is 17.4 Å². The fourth-order valence-electron chi connectivity index (χ4n) is 1.82. The molecule has 0 radical (unpaired) electrons. The number of nitrogens with one attached hydrogen (secondary N) is 1. The van der Waals surface area contributed by atoms with Gasteiger partial charge in [-0.15, -0.1) is 0 Å². The molecule has 0 fully saturated rings. The summed E-state index contributed by atoms with van der Waals surface area (Å²) in [5.74, 6) is 0.819. The molecule has 0 spiro atoms. The SMILES string of the molecule is Cc1cccc(Nc2ncnc3cnc(N)nc23)c1. The molecule has 1 aromatic carbocycles. The van der Waals surface area contributed by atoms with Gasteiger partial charge in [0.25, 0.3) is 0 Å². The van der Waals surface area contributed by atoms with Gasteiger partial charge < -0.3 is 11.1 Å². The molecule has 0 saturated heterocycles. The van der Waals surface area contributed by atoms with Gasteiger partial charge in [0, 0.05) is 5.69 Å². The Morgan fingerprint density at radius 1 is 1.16 bits per heavy atom. The lowest BCUT2D eigenvalue weighted by Gasteiger charge is -2.08. The normalized spacial score (nSPS) is 10.6. The first-order valence-electron chi connectivity index (χ1n) is 5.79. The molecule has 2 aromatic heterocycles. The van der Waals surface area contributed by atoms with E-state index in [0.717, 1.165) is 11.3 Å². The van der Waals surface area contributed by atoms with Crippen molar-refractivity contribution in [3.05, 3.63) is 42.4 Å². The third-order valence-corrected chi connectivity index (χ3v) is 2.68. The highest BCUT2D eigenvalue weighted by atomic mass is 15.1. The number of nitrogen functional groups attached to an aromatic ring is 1. The summed E-state index contributed by atoms with van der Waals surface area (Å²) in [6.07, 6.45) is 3.06. The summed E-state index contributed by atoms with van der Waals surface area (Å²) in [4.78, 5) is 16.4. The molecule has 0 aliphatic rings. The van der Waals surface area contributed by atoms with Crippen LogP contribution in [0.25, 0.3) is 11.0 Å². The second-order valence-electron chi connectivity index (χ2n) is 4.18. The molecule has 0 aliphatic heterocycles. The number of benzene rings is 1. The first kappa shape index (κ1) is 11.3. The molecular formula is C13H12N6. The molecule has 3 N–H and O–H groups in total. The van der Waals surface area contributed by atoms with Crippen LogP contribution >= 0.6 is 0 Å². The van der Waals surface area contributed by atoms with Crippen LogP contribution in [0, 0.1) is 6.92 Å². The Kier molecular flexibility index (Phi) is 2.68. The molecule has 6 nitrogen and oxygen atoms in total. The lowest BCUT2D eigenvalue weighted by Crippen LogP contribution is -2.01. The summed E-state index contributed by atoms with van der Waals surface area (Å²) < 4.78 is 0. The van der Waals surface area contributed by atoms with E-state index in [0.29, 0.717) is 16.9 Å². The van der Waals surface area contributed by atoms with Gasteiger partial charge in [0.15, 0.2) is 5.82 Å². The number of anilines is 3. The van der Waals surface area contributed by atoms with Gasteiger partial charge in [-0.3, -0.25) is 0 Å². The first-order valence-corrected chi connectivity index (χ1v) is 5.79. The van der Waals surface area contributed by atoms with Crippen molar-refractivity contribution < 1.29 is 0 Å². The van der Waals surface area contributed by atoms with Crippen LogP contribution in [0.5, 0.6) is 0 Å². The predicted molar refractivity (Wildman–Crippen MR) is 74.0 cm³/mol. The van der Waals surface area contributed by atoms with Gasteiger partial charge in [-0.2, -0.15) is 0 Å². The number of hydrogen-bond acceptors (Lipinski definition) is 6. The van der Waals surface area contributed by atoms with Gasteiger partial charge >= 0.3 is 0 Å². The molecule has 19 heavy (non-hydrogen) atoms. The first-order chi connectivity index (χ1) is 9.22. The molecule has 0 amide bonds. The van der Waals surface area contributed by atoms with E-state index in [1.54, 1.807) is 6.20 Å². The summed E-state index contributed by atoms with van der Waals surface area (Å²) in [6.45, 7) is 2.03. The number of aromatic nitrogens is 4. The van der Waals surface area contributed by atoms with Crippen molar-refractivity contribution in [2.45, 2.75) is 6.92 Å². The minimum Gasteiger partial charge on any atom is -0.368 e. The van der Waals surface area contributed by atoms with E-state index in [9.17, 15) is 0 Å². The number of nitrogens with two attached hydrogens (primary N) is 1. The smallest absolute Gasteiger partial charge is 0.220 e. The van der Waals surface area contributed by atoms with Crippen LogP contribution in [0.15, 0.2) is 36.8 Å². The van der Waals surface area contributed by atoms with Crippen molar-refractivity contribution in [3.63, 3.8) is 0 Å². The third-order valence-electron chi connectivity index (χ3n) is 2.68. The highest BCUT2D eigenvalue weighted by molar-refractivity contribution is 5.86. The lowest BCUT2D eigenvalue weighted by atomic mass is 10.2. The van der Waals surface area contributed by atoms with Crippen LogP contribution in [-0.4, -0.2) is 19.9 Å². The molecule has 0 bridgehead atoms. The standard InChI is InChI=1S/C13H12N6/c1-8-3-2-4-9(5-8)18-12-11-10(16-7-17-12)6-15-13(14)19-11/h2-7H,1H3,(H2,14,15,19)(H,16,17,18). The summed E-state index contributed by atoms with van der Waals surface area (Å²) in [5.41, 5.74) is 8.97. The van der Waals surface area contributed by atoms with Crippen molar-refractivity contribution in [3.8, 4) is 0 Å². The van der Waals surface area contributed by atoms with E-state index in [1.807, 2.05) is 31.2 Å². The number of hydrogen-bond donors (Lipinski definition) is 2. The van der Waals surface area contributed by atoms with E-state index >= 15 is 0 Å². The average molecular weight is 252 g/mol. The largest absolute Gasteiger partial charge is 0.368 e. The summed E-state index contributed by atoms with van der Waals surface area (Å²) >= 11 is 0. The lowest BCUT2D eigenvalue weighted by molar-refractivity contribution is 1.15. The number of nitrogens with zero attached hydrogens (tertiary/aromatic N) is 4. The molecule has 0 saturated carbocycles. The van der Waals surface area contributed by atoms with Crippen LogP contribution in [0.4, 0.5) is 17.5 Å². The Bertz CT molecular complexity index is 740. The Morgan fingerprint density at radius 3 is 2.89 bits per heavy atom. The molecular weight excluding hydrogens is 240 g/mol.